The Labute approximate surface area is 162 Å². The highest BCUT2D eigenvalue weighted by molar-refractivity contribution is 6.31. The lowest BCUT2D eigenvalue weighted by Crippen LogP contribution is -2.29. The van der Waals surface area contributed by atoms with Gasteiger partial charge in [0.15, 0.2) is 6.10 Å². The smallest absolute Gasteiger partial charge is 0.331 e. The highest BCUT2D eigenvalue weighted by Crippen LogP contribution is 2.27. The summed E-state index contributed by atoms with van der Waals surface area (Å²) in [5, 5.41) is 3.07. The molecule has 2 aromatic carbocycles. The summed E-state index contributed by atoms with van der Waals surface area (Å²) < 4.78 is 15.4. The average molecular weight is 390 g/mol. The molecule has 2 aromatic rings. The third-order valence-electron chi connectivity index (χ3n) is 3.59. The van der Waals surface area contributed by atoms with Crippen molar-refractivity contribution < 1.29 is 23.8 Å². The van der Waals surface area contributed by atoms with Crippen LogP contribution in [0, 0.1) is 0 Å². The lowest BCUT2D eigenvalue weighted by Gasteiger charge is -2.14. The molecule has 1 amide bonds. The minimum absolute atomic E-state index is 0.393. The highest BCUT2D eigenvalue weighted by Gasteiger charge is 2.18. The maximum atomic E-state index is 12.3. The minimum Gasteiger partial charge on any atom is -0.497 e. The summed E-state index contributed by atoms with van der Waals surface area (Å²) in [6, 6.07) is 12.0. The van der Waals surface area contributed by atoms with Crippen molar-refractivity contribution in [3.05, 3.63) is 59.1 Å². The molecular weight excluding hydrogens is 370 g/mol. The quantitative estimate of drug-likeness (QED) is 0.573. The third kappa shape index (κ3) is 6.04. The lowest BCUT2D eigenvalue weighted by atomic mass is 10.2. The molecule has 0 aliphatic heterocycles. The van der Waals surface area contributed by atoms with Gasteiger partial charge in [0, 0.05) is 11.1 Å². The maximum Gasteiger partial charge on any atom is 0.331 e. The predicted octanol–water partition coefficient (Wildman–Crippen LogP) is 3.94. The van der Waals surface area contributed by atoms with Gasteiger partial charge in [0.25, 0.3) is 5.91 Å². The molecule has 1 N–H and O–H groups in total. The fraction of sp³-hybridized carbons (Fsp3) is 0.200. The number of amides is 1. The van der Waals surface area contributed by atoms with Crippen LogP contribution < -0.4 is 14.8 Å². The van der Waals surface area contributed by atoms with E-state index in [1.54, 1.807) is 49.6 Å². The second kappa shape index (κ2) is 9.64. The van der Waals surface area contributed by atoms with Gasteiger partial charge in [-0.3, -0.25) is 4.79 Å². The van der Waals surface area contributed by atoms with Crippen molar-refractivity contribution in [2.75, 3.05) is 19.5 Å². The number of hydrogen-bond donors (Lipinski definition) is 1. The monoisotopic (exact) mass is 389 g/mol. The molecule has 0 aromatic heterocycles. The highest BCUT2D eigenvalue weighted by atomic mass is 35.5. The zero-order valence-electron chi connectivity index (χ0n) is 15.2. The van der Waals surface area contributed by atoms with E-state index in [9.17, 15) is 9.59 Å². The molecule has 0 fully saturated rings. The van der Waals surface area contributed by atoms with Crippen LogP contribution in [0.4, 0.5) is 5.69 Å². The van der Waals surface area contributed by atoms with E-state index < -0.39 is 18.0 Å². The molecule has 0 saturated carbocycles. The van der Waals surface area contributed by atoms with Crippen LogP contribution in [0.25, 0.3) is 6.08 Å². The molecule has 0 radical (unpaired) electrons. The topological polar surface area (TPSA) is 73.9 Å². The number of nitrogens with one attached hydrogen (secondary N) is 1. The second-order valence-corrected chi connectivity index (χ2v) is 5.96. The molecule has 6 nitrogen and oxygen atoms in total. The molecule has 7 heteroatoms. The first-order valence-corrected chi connectivity index (χ1v) is 8.48. The standard InChI is InChI=1S/C20H20ClNO5/c1-13(20(24)22-17-12-15(21)8-9-18(17)26-3)27-19(23)10-7-14-5-4-6-16(11-14)25-2/h4-13H,1-3H3,(H,22,24)/b10-7+/t13-/m1/s1. The van der Waals surface area contributed by atoms with Crippen molar-refractivity contribution in [1.29, 1.82) is 0 Å². The van der Waals surface area contributed by atoms with Crippen LogP contribution in [-0.2, 0) is 14.3 Å². The summed E-state index contributed by atoms with van der Waals surface area (Å²) in [5.74, 6) is -0.0184. The largest absolute Gasteiger partial charge is 0.497 e. The van der Waals surface area contributed by atoms with Crippen LogP contribution in [0.1, 0.15) is 12.5 Å². The molecule has 0 unspecified atom stereocenters. The van der Waals surface area contributed by atoms with Crippen molar-refractivity contribution in [3.63, 3.8) is 0 Å². The van der Waals surface area contributed by atoms with Crippen molar-refractivity contribution in [1.82, 2.24) is 0 Å². The Balaban J connectivity index is 1.96. The fourth-order valence-corrected chi connectivity index (χ4v) is 2.36. The molecule has 0 bridgehead atoms. The van der Waals surface area contributed by atoms with E-state index in [0.717, 1.165) is 5.56 Å². The molecule has 0 spiro atoms. The Hall–Kier alpha value is -2.99. The number of methoxy groups -OCH3 is 2. The van der Waals surface area contributed by atoms with Gasteiger partial charge in [-0.25, -0.2) is 4.79 Å². The van der Waals surface area contributed by atoms with E-state index in [1.807, 2.05) is 6.07 Å². The molecule has 0 saturated heterocycles. The molecule has 142 valence electrons. The van der Waals surface area contributed by atoms with Crippen LogP contribution in [-0.4, -0.2) is 32.2 Å². The lowest BCUT2D eigenvalue weighted by molar-refractivity contribution is -0.148. The molecule has 0 heterocycles. The van der Waals surface area contributed by atoms with Gasteiger partial charge in [-0.15, -0.1) is 0 Å². The van der Waals surface area contributed by atoms with E-state index in [4.69, 9.17) is 25.8 Å². The van der Waals surface area contributed by atoms with Crippen LogP contribution in [0.2, 0.25) is 5.02 Å². The van der Waals surface area contributed by atoms with Crippen LogP contribution >= 0.6 is 11.6 Å². The van der Waals surface area contributed by atoms with Crippen molar-refractivity contribution in [2.24, 2.45) is 0 Å². The van der Waals surface area contributed by atoms with Crippen LogP contribution in [0.5, 0.6) is 11.5 Å². The van der Waals surface area contributed by atoms with Gasteiger partial charge in [0.2, 0.25) is 0 Å². The van der Waals surface area contributed by atoms with Gasteiger partial charge in [-0.2, -0.15) is 0 Å². The minimum atomic E-state index is -1.00. The Morgan fingerprint density at radius 3 is 2.59 bits per heavy atom. The number of rotatable bonds is 7. The zero-order valence-corrected chi connectivity index (χ0v) is 15.9. The van der Waals surface area contributed by atoms with Crippen LogP contribution in [0.15, 0.2) is 48.5 Å². The summed E-state index contributed by atoms with van der Waals surface area (Å²) >= 11 is 5.93. The number of benzene rings is 2. The summed E-state index contributed by atoms with van der Waals surface area (Å²) in [6.07, 6.45) is 1.82. The van der Waals surface area contributed by atoms with E-state index in [-0.39, 0.29) is 0 Å². The van der Waals surface area contributed by atoms with Gasteiger partial charge in [-0.1, -0.05) is 23.7 Å². The second-order valence-electron chi connectivity index (χ2n) is 5.52. The zero-order chi connectivity index (χ0) is 19.8. The Morgan fingerprint density at radius 2 is 1.89 bits per heavy atom. The first-order valence-electron chi connectivity index (χ1n) is 8.10. The molecular formula is C20H20ClNO5. The normalized spacial score (nSPS) is 11.7. The third-order valence-corrected chi connectivity index (χ3v) is 3.82. The van der Waals surface area contributed by atoms with Gasteiger partial charge >= 0.3 is 5.97 Å². The molecule has 0 aliphatic carbocycles. The summed E-state index contributed by atoms with van der Waals surface area (Å²) in [5.41, 5.74) is 1.16. The summed E-state index contributed by atoms with van der Waals surface area (Å²) in [6.45, 7) is 1.48. The predicted molar refractivity (Wildman–Crippen MR) is 104 cm³/mol. The Morgan fingerprint density at radius 1 is 1.11 bits per heavy atom. The van der Waals surface area contributed by atoms with Crippen LogP contribution in [0.3, 0.4) is 0 Å². The molecule has 27 heavy (non-hydrogen) atoms. The van der Waals surface area contributed by atoms with Gasteiger partial charge in [-0.05, 0) is 48.9 Å². The van der Waals surface area contributed by atoms with E-state index in [0.29, 0.717) is 22.2 Å². The number of hydrogen-bond acceptors (Lipinski definition) is 5. The van der Waals surface area contributed by atoms with E-state index >= 15 is 0 Å². The van der Waals surface area contributed by atoms with Crippen molar-refractivity contribution in [3.8, 4) is 11.5 Å². The number of carbonyl (C=O) groups is 2. The van der Waals surface area contributed by atoms with E-state index in [2.05, 4.69) is 5.32 Å². The van der Waals surface area contributed by atoms with Crippen molar-refractivity contribution >= 4 is 35.2 Å². The van der Waals surface area contributed by atoms with E-state index in [1.165, 1.54) is 20.1 Å². The number of ether oxygens (including phenoxy) is 3. The number of esters is 1. The first kappa shape index (κ1) is 20.3. The molecule has 0 aliphatic rings. The van der Waals surface area contributed by atoms with Gasteiger partial charge in [0.1, 0.15) is 11.5 Å². The molecule has 1 atom stereocenters. The summed E-state index contributed by atoms with van der Waals surface area (Å²) in [7, 11) is 3.04. The Bertz CT molecular complexity index is 850. The van der Waals surface area contributed by atoms with Gasteiger partial charge in [0.05, 0.1) is 19.9 Å². The van der Waals surface area contributed by atoms with Crippen molar-refractivity contribution in [2.45, 2.75) is 13.0 Å². The SMILES string of the molecule is COc1cccc(/C=C/C(=O)O[C@H](C)C(=O)Nc2cc(Cl)ccc2OC)c1. The first-order chi connectivity index (χ1) is 12.9. The maximum absolute atomic E-state index is 12.3. The number of anilines is 1. The van der Waals surface area contributed by atoms with Gasteiger partial charge < -0.3 is 19.5 Å². The average Bonchev–Trinajstić information content (AvgIpc) is 2.66. The Kier molecular flexibility index (Phi) is 7.25. The number of carbonyl (C=O) groups excluding carboxylic acids is 2. The fourth-order valence-electron chi connectivity index (χ4n) is 2.19. The molecule has 2 rings (SSSR count). The summed E-state index contributed by atoms with van der Waals surface area (Å²) in [4.78, 5) is 24.2. The number of halogens is 1.